The van der Waals surface area contributed by atoms with Crippen molar-refractivity contribution in [3.05, 3.63) is 33.9 Å². The predicted molar refractivity (Wildman–Crippen MR) is 79.5 cm³/mol. The van der Waals surface area contributed by atoms with Crippen LogP contribution in [0.25, 0.3) is 0 Å². The third kappa shape index (κ3) is 2.99. The maximum absolute atomic E-state index is 11.6. The lowest BCUT2D eigenvalue weighted by molar-refractivity contribution is -0.384. The smallest absolute Gasteiger partial charge is 0.311 e. The molecule has 1 aromatic rings. The van der Waals surface area contributed by atoms with E-state index in [1.165, 1.54) is 12.1 Å². The van der Waals surface area contributed by atoms with Crippen molar-refractivity contribution in [1.29, 1.82) is 0 Å². The molecule has 0 radical (unpaired) electrons. The van der Waals surface area contributed by atoms with Gasteiger partial charge in [-0.25, -0.2) is 0 Å². The second-order valence-electron chi connectivity index (χ2n) is 5.92. The number of carbonyl (C=O) groups is 1. The molecule has 0 spiro atoms. The summed E-state index contributed by atoms with van der Waals surface area (Å²) in [5.41, 5.74) is 0.688. The molecule has 114 valence electrons. The summed E-state index contributed by atoms with van der Waals surface area (Å²) in [6.45, 7) is 3.60. The highest BCUT2D eigenvalue weighted by Gasteiger charge is 2.43. The molecular formula is C15H20N2O4. The van der Waals surface area contributed by atoms with Crippen LogP contribution in [0.4, 0.5) is 11.4 Å². The van der Waals surface area contributed by atoms with Crippen molar-refractivity contribution in [3.63, 3.8) is 0 Å². The minimum absolute atomic E-state index is 0.0101. The molecule has 0 saturated heterocycles. The van der Waals surface area contributed by atoms with Crippen LogP contribution < -0.4 is 5.32 Å². The number of hydrogen-bond donors (Lipinski definition) is 2. The number of rotatable bonds is 4. The molecule has 0 heterocycles. The lowest BCUT2D eigenvalue weighted by atomic mass is 9.71. The van der Waals surface area contributed by atoms with Gasteiger partial charge in [0.1, 0.15) is 0 Å². The summed E-state index contributed by atoms with van der Waals surface area (Å²) in [5, 5.41) is 23.6. The van der Waals surface area contributed by atoms with Gasteiger partial charge >= 0.3 is 5.97 Å². The third-order valence-corrected chi connectivity index (χ3v) is 4.46. The Morgan fingerprint density at radius 1 is 1.48 bits per heavy atom. The van der Waals surface area contributed by atoms with Crippen molar-refractivity contribution in [2.24, 2.45) is 5.41 Å². The van der Waals surface area contributed by atoms with E-state index in [4.69, 9.17) is 0 Å². The van der Waals surface area contributed by atoms with Crippen LogP contribution >= 0.6 is 0 Å². The summed E-state index contributed by atoms with van der Waals surface area (Å²) in [6.07, 6.45) is 3.24. The maximum Gasteiger partial charge on any atom is 0.311 e. The number of aryl methyl sites for hydroxylation is 1. The summed E-state index contributed by atoms with van der Waals surface area (Å²) in [5.74, 6) is -0.817. The standard InChI is InChI=1S/C15H20N2O4/c1-10-6-7-11(17(20)21)9-12(10)16-13-5-3-4-8-15(13,2)14(18)19/h6-7,9,13,16H,3-5,8H2,1-2H3,(H,18,19). The van der Waals surface area contributed by atoms with E-state index >= 15 is 0 Å². The minimum Gasteiger partial charge on any atom is -0.481 e. The van der Waals surface area contributed by atoms with Crippen LogP contribution in [-0.2, 0) is 4.79 Å². The Bertz CT molecular complexity index is 573. The van der Waals surface area contributed by atoms with Gasteiger partial charge in [-0.3, -0.25) is 14.9 Å². The lowest BCUT2D eigenvalue weighted by Crippen LogP contribution is -2.46. The quantitative estimate of drug-likeness (QED) is 0.655. The average molecular weight is 292 g/mol. The number of nitrogens with zero attached hydrogens (tertiary/aromatic N) is 1. The van der Waals surface area contributed by atoms with E-state index in [-0.39, 0.29) is 11.7 Å². The summed E-state index contributed by atoms with van der Waals surface area (Å²) < 4.78 is 0. The SMILES string of the molecule is Cc1ccc([N+](=O)[O-])cc1NC1CCCCC1(C)C(=O)O. The number of carboxylic acid groups (broad SMARTS) is 1. The third-order valence-electron chi connectivity index (χ3n) is 4.46. The maximum atomic E-state index is 11.6. The molecule has 21 heavy (non-hydrogen) atoms. The van der Waals surface area contributed by atoms with Crippen LogP contribution in [0.15, 0.2) is 18.2 Å². The van der Waals surface area contributed by atoms with Crippen LogP contribution in [0.3, 0.4) is 0 Å². The molecule has 2 rings (SSSR count). The van der Waals surface area contributed by atoms with Gasteiger partial charge in [0.25, 0.3) is 5.69 Å². The molecule has 6 heteroatoms. The van der Waals surface area contributed by atoms with Crippen LogP contribution in [-0.4, -0.2) is 22.0 Å². The zero-order valence-corrected chi connectivity index (χ0v) is 12.3. The van der Waals surface area contributed by atoms with E-state index < -0.39 is 16.3 Å². The highest BCUT2D eigenvalue weighted by atomic mass is 16.6. The van der Waals surface area contributed by atoms with Crippen molar-refractivity contribution in [3.8, 4) is 0 Å². The fraction of sp³-hybridized carbons (Fsp3) is 0.533. The molecule has 1 aliphatic carbocycles. The predicted octanol–water partition coefficient (Wildman–Crippen LogP) is 3.35. The Balaban J connectivity index is 2.29. The van der Waals surface area contributed by atoms with Crippen LogP contribution in [0.1, 0.15) is 38.2 Å². The molecule has 0 aliphatic heterocycles. The molecule has 0 aromatic heterocycles. The van der Waals surface area contributed by atoms with Gasteiger partial charge in [-0.2, -0.15) is 0 Å². The average Bonchev–Trinajstić information content (AvgIpc) is 2.43. The second kappa shape index (κ2) is 5.71. The number of non-ortho nitro benzene ring substituents is 1. The first-order valence-corrected chi connectivity index (χ1v) is 7.09. The Labute approximate surface area is 123 Å². The lowest BCUT2D eigenvalue weighted by Gasteiger charge is -2.39. The topological polar surface area (TPSA) is 92.5 Å². The first-order chi connectivity index (χ1) is 9.84. The van der Waals surface area contributed by atoms with Gasteiger partial charge in [-0.15, -0.1) is 0 Å². The van der Waals surface area contributed by atoms with Crippen LogP contribution in [0.2, 0.25) is 0 Å². The zero-order valence-electron chi connectivity index (χ0n) is 12.3. The number of hydrogen-bond acceptors (Lipinski definition) is 4. The van der Waals surface area contributed by atoms with Crippen LogP contribution in [0.5, 0.6) is 0 Å². The van der Waals surface area contributed by atoms with E-state index in [2.05, 4.69) is 5.32 Å². The molecule has 1 saturated carbocycles. The number of nitro benzene ring substituents is 1. The van der Waals surface area contributed by atoms with Gasteiger partial charge in [-0.05, 0) is 32.3 Å². The zero-order chi connectivity index (χ0) is 15.6. The van der Waals surface area contributed by atoms with Gasteiger partial charge in [0.15, 0.2) is 0 Å². The number of anilines is 1. The summed E-state index contributed by atoms with van der Waals surface area (Å²) in [7, 11) is 0. The van der Waals surface area contributed by atoms with E-state index in [9.17, 15) is 20.0 Å². The van der Waals surface area contributed by atoms with Gasteiger partial charge < -0.3 is 10.4 Å². The fourth-order valence-corrected chi connectivity index (χ4v) is 2.89. The van der Waals surface area contributed by atoms with Crippen molar-refractivity contribution < 1.29 is 14.8 Å². The Hall–Kier alpha value is -2.11. The highest BCUT2D eigenvalue weighted by Crippen LogP contribution is 2.39. The fourth-order valence-electron chi connectivity index (χ4n) is 2.89. The molecule has 2 unspecified atom stereocenters. The summed E-state index contributed by atoms with van der Waals surface area (Å²) in [4.78, 5) is 22.0. The van der Waals surface area contributed by atoms with Gasteiger partial charge in [0.2, 0.25) is 0 Å². The van der Waals surface area contributed by atoms with Crippen molar-refractivity contribution in [1.82, 2.24) is 0 Å². The number of nitrogens with one attached hydrogen (secondary N) is 1. The normalized spacial score (nSPS) is 25.3. The summed E-state index contributed by atoms with van der Waals surface area (Å²) in [6, 6.07) is 4.40. The van der Waals surface area contributed by atoms with Crippen molar-refractivity contribution >= 4 is 17.3 Å². The molecular weight excluding hydrogens is 272 g/mol. The van der Waals surface area contributed by atoms with Gasteiger partial charge in [-0.1, -0.05) is 18.9 Å². The number of nitro groups is 1. The molecule has 2 N–H and O–H groups in total. The van der Waals surface area contributed by atoms with E-state index in [1.807, 2.05) is 6.92 Å². The highest BCUT2D eigenvalue weighted by molar-refractivity contribution is 5.76. The number of benzene rings is 1. The van der Waals surface area contributed by atoms with E-state index in [0.717, 1.165) is 24.8 Å². The molecule has 2 atom stereocenters. The van der Waals surface area contributed by atoms with E-state index in [0.29, 0.717) is 12.1 Å². The Morgan fingerprint density at radius 2 is 2.19 bits per heavy atom. The number of aliphatic carboxylic acids is 1. The molecule has 1 aromatic carbocycles. The molecule has 6 nitrogen and oxygen atoms in total. The Kier molecular flexibility index (Phi) is 4.16. The van der Waals surface area contributed by atoms with Crippen molar-refractivity contribution in [2.75, 3.05) is 5.32 Å². The summed E-state index contributed by atoms with van der Waals surface area (Å²) >= 11 is 0. The molecule has 0 amide bonds. The first kappa shape index (κ1) is 15.3. The van der Waals surface area contributed by atoms with Gasteiger partial charge in [0.05, 0.1) is 10.3 Å². The number of carboxylic acids is 1. The monoisotopic (exact) mass is 292 g/mol. The second-order valence-corrected chi connectivity index (χ2v) is 5.92. The Morgan fingerprint density at radius 3 is 2.81 bits per heavy atom. The molecule has 0 bridgehead atoms. The van der Waals surface area contributed by atoms with Gasteiger partial charge in [0, 0.05) is 23.9 Å². The largest absolute Gasteiger partial charge is 0.481 e. The van der Waals surface area contributed by atoms with E-state index in [1.54, 1.807) is 13.0 Å². The van der Waals surface area contributed by atoms with Crippen molar-refractivity contribution in [2.45, 2.75) is 45.6 Å². The molecule has 1 fully saturated rings. The molecule has 1 aliphatic rings. The minimum atomic E-state index is -0.838. The van der Waals surface area contributed by atoms with Crippen LogP contribution in [0, 0.1) is 22.5 Å². The first-order valence-electron chi connectivity index (χ1n) is 7.09.